The molecule has 1 aromatic heterocycles. The van der Waals surface area contributed by atoms with E-state index in [1.165, 1.54) is 17.2 Å². The number of aromatic nitrogens is 1. The van der Waals surface area contributed by atoms with E-state index < -0.39 is 17.3 Å². The molecule has 1 atom stereocenters. The van der Waals surface area contributed by atoms with Crippen LogP contribution in [-0.2, 0) is 4.79 Å². The lowest BCUT2D eigenvalue weighted by Gasteiger charge is -2.38. The van der Waals surface area contributed by atoms with Crippen LogP contribution in [0.25, 0.3) is 10.9 Å². The van der Waals surface area contributed by atoms with Gasteiger partial charge in [-0.05, 0) is 25.0 Å². The summed E-state index contributed by atoms with van der Waals surface area (Å²) < 4.78 is 13.7. The zero-order chi connectivity index (χ0) is 17.3. The van der Waals surface area contributed by atoms with Gasteiger partial charge in [0.05, 0.1) is 24.1 Å². The van der Waals surface area contributed by atoms with Crippen molar-refractivity contribution in [3.05, 3.63) is 41.8 Å². The number of fused-ring (bicyclic) bond motifs is 1. The van der Waals surface area contributed by atoms with Gasteiger partial charge in [-0.1, -0.05) is 12.1 Å². The normalized spacial score (nSPS) is 21.0. The van der Waals surface area contributed by atoms with Crippen LogP contribution in [0.3, 0.4) is 0 Å². The fraction of sp³-hybridized carbons (Fsp3) is 0.353. The van der Waals surface area contributed by atoms with E-state index in [0.717, 1.165) is 0 Å². The number of halogens is 1. The number of β-amino-alcohol motifs (C(OH)–C–C–N with tert-alkyl or cyclic N) is 1. The number of hydrogen-bond acceptors (Lipinski definition) is 4. The molecule has 7 heteroatoms. The number of amides is 2. The molecular weight excluding hydrogens is 313 g/mol. The van der Waals surface area contributed by atoms with E-state index in [4.69, 9.17) is 5.73 Å². The Morgan fingerprint density at radius 1 is 1.42 bits per heavy atom. The summed E-state index contributed by atoms with van der Waals surface area (Å²) in [7, 11) is 0. The Labute approximate surface area is 138 Å². The predicted octanol–water partition coefficient (Wildman–Crippen LogP) is 1.22. The van der Waals surface area contributed by atoms with Crippen molar-refractivity contribution in [1.82, 2.24) is 9.88 Å². The summed E-state index contributed by atoms with van der Waals surface area (Å²) in [6.07, 6.45) is 2.14. The van der Waals surface area contributed by atoms with Crippen LogP contribution < -0.4 is 5.73 Å². The second-order valence-electron chi connectivity index (χ2n) is 6.23. The smallest absolute Gasteiger partial charge is 0.255 e. The number of aliphatic hydroxyl groups is 1. The molecule has 0 aliphatic carbocycles. The van der Waals surface area contributed by atoms with Gasteiger partial charge >= 0.3 is 0 Å². The van der Waals surface area contributed by atoms with Gasteiger partial charge in [0.15, 0.2) is 0 Å². The van der Waals surface area contributed by atoms with Crippen molar-refractivity contribution in [2.45, 2.75) is 24.9 Å². The van der Waals surface area contributed by atoms with Crippen molar-refractivity contribution in [3.8, 4) is 0 Å². The van der Waals surface area contributed by atoms with E-state index in [9.17, 15) is 19.1 Å². The van der Waals surface area contributed by atoms with Gasteiger partial charge in [-0.15, -0.1) is 0 Å². The largest absolute Gasteiger partial charge is 0.388 e. The number of likely N-dealkylation sites (tertiary alicyclic amines) is 1. The first-order valence-corrected chi connectivity index (χ1v) is 7.72. The van der Waals surface area contributed by atoms with Crippen LogP contribution in [0, 0.1) is 5.82 Å². The topological polar surface area (TPSA) is 96.5 Å². The summed E-state index contributed by atoms with van der Waals surface area (Å²) in [5.74, 6) is -1.36. The van der Waals surface area contributed by atoms with Gasteiger partial charge in [0, 0.05) is 18.1 Å². The first kappa shape index (κ1) is 16.3. The fourth-order valence-electron chi connectivity index (χ4n) is 3.18. The minimum atomic E-state index is -1.30. The van der Waals surface area contributed by atoms with Crippen molar-refractivity contribution in [2.75, 3.05) is 13.1 Å². The summed E-state index contributed by atoms with van der Waals surface area (Å²) in [6.45, 7) is 0.511. The minimum absolute atomic E-state index is 0.0377. The maximum atomic E-state index is 13.7. The van der Waals surface area contributed by atoms with Crippen LogP contribution >= 0.6 is 0 Å². The van der Waals surface area contributed by atoms with E-state index in [1.54, 1.807) is 18.2 Å². The highest BCUT2D eigenvalue weighted by atomic mass is 19.1. The third-order valence-corrected chi connectivity index (χ3v) is 4.25. The molecule has 0 radical (unpaired) electrons. The van der Waals surface area contributed by atoms with E-state index >= 15 is 0 Å². The molecule has 1 aliphatic rings. The monoisotopic (exact) mass is 331 g/mol. The molecule has 1 saturated heterocycles. The van der Waals surface area contributed by atoms with Crippen molar-refractivity contribution in [1.29, 1.82) is 0 Å². The molecule has 1 aromatic carbocycles. The van der Waals surface area contributed by atoms with E-state index in [1.807, 2.05) is 0 Å². The lowest BCUT2D eigenvalue weighted by Crippen LogP contribution is -2.51. The third kappa shape index (κ3) is 3.21. The number of nitrogens with zero attached hydrogens (tertiary/aromatic N) is 2. The molecule has 0 bridgehead atoms. The van der Waals surface area contributed by atoms with Crippen LogP contribution in [0.1, 0.15) is 29.6 Å². The lowest BCUT2D eigenvalue weighted by atomic mass is 9.89. The first-order valence-electron chi connectivity index (χ1n) is 7.72. The SMILES string of the molecule is NC(=O)CC1(O)CCCN(C(=O)c2cnc3c(F)cccc3c2)C1. The van der Waals surface area contributed by atoms with Gasteiger partial charge < -0.3 is 15.7 Å². The van der Waals surface area contributed by atoms with Gasteiger partial charge in [-0.25, -0.2) is 4.39 Å². The Kier molecular flexibility index (Phi) is 4.19. The molecule has 0 saturated carbocycles. The Hall–Kier alpha value is -2.54. The van der Waals surface area contributed by atoms with Gasteiger partial charge in [0.25, 0.3) is 5.91 Å². The second kappa shape index (κ2) is 6.16. The minimum Gasteiger partial charge on any atom is -0.388 e. The molecule has 3 rings (SSSR count). The summed E-state index contributed by atoms with van der Waals surface area (Å²) in [6, 6.07) is 6.13. The highest BCUT2D eigenvalue weighted by molar-refractivity contribution is 5.97. The molecular formula is C17H18FN3O3. The molecule has 1 fully saturated rings. The zero-order valence-electron chi connectivity index (χ0n) is 13.0. The number of hydrogen-bond donors (Lipinski definition) is 2. The molecule has 3 N–H and O–H groups in total. The third-order valence-electron chi connectivity index (χ3n) is 4.25. The second-order valence-corrected chi connectivity index (χ2v) is 6.23. The van der Waals surface area contributed by atoms with Crippen molar-refractivity contribution < 1.29 is 19.1 Å². The van der Waals surface area contributed by atoms with Crippen LogP contribution in [0.15, 0.2) is 30.5 Å². The van der Waals surface area contributed by atoms with Gasteiger partial charge in [0.2, 0.25) is 5.91 Å². The maximum Gasteiger partial charge on any atom is 0.255 e. The number of primary amides is 1. The lowest BCUT2D eigenvalue weighted by molar-refractivity contribution is -0.125. The number of rotatable bonds is 3. The first-order chi connectivity index (χ1) is 11.4. The fourth-order valence-corrected chi connectivity index (χ4v) is 3.18. The van der Waals surface area contributed by atoms with E-state index in [0.29, 0.717) is 30.3 Å². The molecule has 2 amide bonds. The molecule has 1 unspecified atom stereocenters. The molecule has 2 heterocycles. The standard InChI is InChI=1S/C17H18FN3O3/c18-13-4-1-3-11-7-12(9-20-15(11)13)16(23)21-6-2-5-17(24,10-21)8-14(19)22/h1,3-4,7,9,24H,2,5-6,8,10H2,(H2,19,22). The van der Waals surface area contributed by atoms with Gasteiger partial charge in [-0.3, -0.25) is 14.6 Å². The van der Waals surface area contributed by atoms with Crippen LogP contribution in [0.2, 0.25) is 0 Å². The highest BCUT2D eigenvalue weighted by Gasteiger charge is 2.36. The number of nitrogens with two attached hydrogens (primary N) is 1. The number of piperidine rings is 1. The van der Waals surface area contributed by atoms with Gasteiger partial charge in [0.1, 0.15) is 11.3 Å². The van der Waals surface area contributed by atoms with Crippen LogP contribution in [-0.4, -0.2) is 45.5 Å². The van der Waals surface area contributed by atoms with Crippen molar-refractivity contribution in [2.24, 2.45) is 5.73 Å². The van der Waals surface area contributed by atoms with Crippen LogP contribution in [0.4, 0.5) is 4.39 Å². The highest BCUT2D eigenvalue weighted by Crippen LogP contribution is 2.26. The number of carbonyl (C=O) groups excluding carboxylic acids is 2. The average molecular weight is 331 g/mol. The molecule has 126 valence electrons. The summed E-state index contributed by atoms with van der Waals surface area (Å²) >= 11 is 0. The van der Waals surface area contributed by atoms with Crippen molar-refractivity contribution in [3.63, 3.8) is 0 Å². The zero-order valence-corrected chi connectivity index (χ0v) is 13.0. The van der Waals surface area contributed by atoms with Crippen LogP contribution in [0.5, 0.6) is 0 Å². The quantitative estimate of drug-likeness (QED) is 0.884. The van der Waals surface area contributed by atoms with Crippen molar-refractivity contribution >= 4 is 22.7 Å². The number of pyridine rings is 1. The molecule has 2 aromatic rings. The summed E-state index contributed by atoms with van der Waals surface area (Å²) in [4.78, 5) is 29.3. The molecule has 1 aliphatic heterocycles. The van der Waals surface area contributed by atoms with E-state index in [2.05, 4.69) is 4.98 Å². The Morgan fingerprint density at radius 3 is 2.96 bits per heavy atom. The molecule has 0 spiro atoms. The summed E-state index contributed by atoms with van der Waals surface area (Å²) in [5.41, 5.74) is 4.40. The van der Waals surface area contributed by atoms with E-state index in [-0.39, 0.29) is 24.4 Å². The molecule has 6 nitrogen and oxygen atoms in total. The summed E-state index contributed by atoms with van der Waals surface area (Å²) in [5, 5.41) is 11.0. The number of para-hydroxylation sites is 1. The molecule has 24 heavy (non-hydrogen) atoms. The van der Waals surface area contributed by atoms with Gasteiger partial charge in [-0.2, -0.15) is 0 Å². The number of benzene rings is 1. The Bertz CT molecular complexity index is 811. The number of carbonyl (C=O) groups is 2. The maximum absolute atomic E-state index is 13.7. The predicted molar refractivity (Wildman–Crippen MR) is 85.6 cm³/mol. The Balaban J connectivity index is 1.84. The Morgan fingerprint density at radius 2 is 2.21 bits per heavy atom. The average Bonchev–Trinajstić information content (AvgIpc) is 2.53.